The summed E-state index contributed by atoms with van der Waals surface area (Å²) in [5.41, 5.74) is -0.492. The summed E-state index contributed by atoms with van der Waals surface area (Å²) in [5.74, 6) is 0. The van der Waals surface area contributed by atoms with Crippen LogP contribution in [0.25, 0.3) is 0 Å². The highest BCUT2D eigenvalue weighted by Gasteiger charge is 2.30. The zero-order chi connectivity index (χ0) is 9.19. The summed E-state index contributed by atoms with van der Waals surface area (Å²) in [7, 11) is 0. The molecule has 2 unspecified atom stereocenters. The molecular weight excluding hydrogens is 267 g/mol. The maximum Gasteiger partial charge on any atom is 0.0666 e. The summed E-state index contributed by atoms with van der Waals surface area (Å²) < 4.78 is 6.19. The van der Waals surface area contributed by atoms with Crippen LogP contribution in [-0.2, 0) is 4.74 Å². The number of rotatable bonds is 2. The monoisotopic (exact) mass is 284 g/mol. The van der Waals surface area contributed by atoms with Gasteiger partial charge in [0, 0.05) is 17.0 Å². The van der Waals surface area contributed by atoms with Crippen molar-refractivity contribution < 1.29 is 9.84 Å². The lowest BCUT2D eigenvalue weighted by atomic mass is 9.91. The van der Waals surface area contributed by atoms with Crippen molar-refractivity contribution in [3.05, 3.63) is 0 Å². The Morgan fingerprint density at radius 1 is 1.75 bits per heavy atom. The maximum atomic E-state index is 9.78. The van der Waals surface area contributed by atoms with Crippen LogP contribution >= 0.6 is 22.6 Å². The lowest BCUT2D eigenvalue weighted by Gasteiger charge is -2.34. The molecule has 1 N–H and O–H groups in total. The van der Waals surface area contributed by atoms with Crippen molar-refractivity contribution >= 4 is 22.6 Å². The number of hydrogen-bond acceptors (Lipinski definition) is 2. The summed E-state index contributed by atoms with van der Waals surface area (Å²) in [4.78, 5) is 0. The largest absolute Gasteiger partial charge is 0.390 e. The topological polar surface area (TPSA) is 29.5 Å². The predicted molar refractivity (Wildman–Crippen MR) is 57.7 cm³/mol. The third-order valence-corrected chi connectivity index (χ3v) is 2.76. The normalized spacial score (nSPS) is 39.5. The van der Waals surface area contributed by atoms with E-state index in [0.717, 1.165) is 19.3 Å². The molecule has 0 aliphatic carbocycles. The van der Waals surface area contributed by atoms with Crippen LogP contribution in [0.3, 0.4) is 0 Å². The molecule has 0 bridgehead atoms. The van der Waals surface area contributed by atoms with Gasteiger partial charge in [-0.3, -0.25) is 0 Å². The van der Waals surface area contributed by atoms with Gasteiger partial charge in [-0.15, -0.1) is 0 Å². The van der Waals surface area contributed by atoms with E-state index in [1.54, 1.807) is 0 Å². The zero-order valence-electron chi connectivity index (χ0n) is 7.72. The van der Waals surface area contributed by atoms with Gasteiger partial charge in [-0.1, -0.05) is 29.5 Å². The minimum atomic E-state index is -0.492. The second-order valence-electron chi connectivity index (χ2n) is 3.96. The quantitative estimate of drug-likeness (QED) is 0.622. The molecule has 0 spiro atoms. The molecule has 2 nitrogen and oxygen atoms in total. The molecule has 0 radical (unpaired) electrons. The van der Waals surface area contributed by atoms with Crippen molar-refractivity contribution in [1.82, 2.24) is 0 Å². The fraction of sp³-hybridized carbons (Fsp3) is 1.00. The Labute approximate surface area is 87.8 Å². The third-order valence-electron chi connectivity index (χ3n) is 2.25. The summed E-state index contributed by atoms with van der Waals surface area (Å²) >= 11 is 2.39. The molecule has 3 heteroatoms. The molecule has 0 aromatic carbocycles. The van der Waals surface area contributed by atoms with Gasteiger partial charge in [0.2, 0.25) is 0 Å². The van der Waals surface area contributed by atoms with Crippen LogP contribution in [0.5, 0.6) is 0 Å². The van der Waals surface area contributed by atoms with Gasteiger partial charge >= 0.3 is 0 Å². The maximum absolute atomic E-state index is 9.78. The minimum Gasteiger partial charge on any atom is -0.390 e. The molecular formula is C9H17IO2. The van der Waals surface area contributed by atoms with Crippen molar-refractivity contribution in [2.24, 2.45) is 0 Å². The minimum absolute atomic E-state index is 0.264. The molecule has 0 aromatic heterocycles. The molecule has 0 saturated carbocycles. The first-order chi connectivity index (χ1) is 5.49. The molecule has 0 aromatic rings. The van der Waals surface area contributed by atoms with Gasteiger partial charge in [-0.25, -0.2) is 0 Å². The molecule has 0 amide bonds. The molecule has 1 saturated heterocycles. The molecule has 1 aliphatic heterocycles. The average Bonchev–Trinajstić information content (AvgIpc) is 1.82. The number of alkyl halides is 1. The van der Waals surface area contributed by atoms with Crippen LogP contribution in [0.2, 0.25) is 0 Å². The van der Waals surface area contributed by atoms with Crippen LogP contribution < -0.4 is 0 Å². The van der Waals surface area contributed by atoms with Crippen LogP contribution in [0.1, 0.15) is 33.1 Å². The summed E-state index contributed by atoms with van der Waals surface area (Å²) in [6.07, 6.45) is 2.89. The second kappa shape index (κ2) is 4.24. The van der Waals surface area contributed by atoms with E-state index in [1.807, 2.05) is 6.92 Å². The Kier molecular flexibility index (Phi) is 3.79. The third kappa shape index (κ3) is 3.58. The number of ether oxygens (including phenoxy) is 1. The van der Waals surface area contributed by atoms with Gasteiger partial charge in [0.05, 0.1) is 11.7 Å². The smallest absolute Gasteiger partial charge is 0.0666 e. The Morgan fingerprint density at radius 2 is 2.42 bits per heavy atom. The fourth-order valence-corrected chi connectivity index (χ4v) is 2.18. The Bertz CT molecular complexity index is 145. The van der Waals surface area contributed by atoms with Crippen LogP contribution in [0.4, 0.5) is 0 Å². The molecule has 72 valence electrons. The molecule has 3 atom stereocenters. The predicted octanol–water partition coefficient (Wildman–Crippen LogP) is 2.13. The molecule has 1 rings (SSSR count). The van der Waals surface area contributed by atoms with E-state index < -0.39 is 5.60 Å². The van der Waals surface area contributed by atoms with Crippen LogP contribution in [0, 0.1) is 0 Å². The van der Waals surface area contributed by atoms with Gasteiger partial charge < -0.3 is 9.84 Å². The number of hydrogen-bond donors (Lipinski definition) is 1. The van der Waals surface area contributed by atoms with Crippen LogP contribution in [0.15, 0.2) is 0 Å². The first kappa shape index (κ1) is 10.7. The second-order valence-corrected chi connectivity index (χ2v) is 6.09. The first-order valence-corrected chi connectivity index (χ1v) is 5.72. The van der Waals surface area contributed by atoms with E-state index in [4.69, 9.17) is 4.74 Å². The Hall–Kier alpha value is 0.650. The SMILES string of the molecule is CC(I)CC1C[C@](C)(O)CCO1. The van der Waals surface area contributed by atoms with E-state index in [2.05, 4.69) is 29.5 Å². The first-order valence-electron chi connectivity index (χ1n) is 4.48. The van der Waals surface area contributed by atoms with E-state index in [-0.39, 0.29) is 6.10 Å². The van der Waals surface area contributed by atoms with Crippen molar-refractivity contribution in [2.45, 2.75) is 48.7 Å². The van der Waals surface area contributed by atoms with Gasteiger partial charge in [0.1, 0.15) is 0 Å². The zero-order valence-corrected chi connectivity index (χ0v) is 9.87. The number of halogens is 1. The highest BCUT2D eigenvalue weighted by Crippen LogP contribution is 2.27. The van der Waals surface area contributed by atoms with E-state index >= 15 is 0 Å². The Morgan fingerprint density at radius 3 is 2.92 bits per heavy atom. The highest BCUT2D eigenvalue weighted by atomic mass is 127. The van der Waals surface area contributed by atoms with E-state index in [1.165, 1.54) is 0 Å². The van der Waals surface area contributed by atoms with E-state index in [0.29, 0.717) is 10.5 Å². The average molecular weight is 284 g/mol. The number of aliphatic hydroxyl groups is 1. The standard InChI is InChI=1S/C9H17IO2/c1-7(10)5-8-6-9(2,11)3-4-12-8/h7-8,11H,3-6H2,1-2H3/t7?,8?,9-/m1/s1. The summed E-state index contributed by atoms with van der Waals surface area (Å²) in [6, 6.07) is 0. The van der Waals surface area contributed by atoms with Gasteiger partial charge in [0.25, 0.3) is 0 Å². The molecule has 1 aliphatic rings. The van der Waals surface area contributed by atoms with Gasteiger partial charge in [-0.2, -0.15) is 0 Å². The lowest BCUT2D eigenvalue weighted by molar-refractivity contribution is -0.0947. The van der Waals surface area contributed by atoms with Crippen molar-refractivity contribution in [3.63, 3.8) is 0 Å². The summed E-state index contributed by atoms with van der Waals surface area (Å²) in [5, 5.41) is 9.78. The van der Waals surface area contributed by atoms with Gasteiger partial charge in [-0.05, 0) is 19.8 Å². The van der Waals surface area contributed by atoms with Crippen molar-refractivity contribution in [1.29, 1.82) is 0 Å². The van der Waals surface area contributed by atoms with Crippen LogP contribution in [-0.4, -0.2) is 27.3 Å². The van der Waals surface area contributed by atoms with Crippen molar-refractivity contribution in [3.8, 4) is 0 Å². The van der Waals surface area contributed by atoms with E-state index in [9.17, 15) is 5.11 Å². The molecule has 1 fully saturated rings. The van der Waals surface area contributed by atoms with Crippen molar-refractivity contribution in [2.75, 3.05) is 6.61 Å². The van der Waals surface area contributed by atoms with Gasteiger partial charge in [0.15, 0.2) is 0 Å². The fourth-order valence-electron chi connectivity index (χ4n) is 1.61. The lowest BCUT2D eigenvalue weighted by Crippen LogP contribution is -2.38. The Balaban J connectivity index is 2.36. The molecule has 1 heterocycles. The summed E-state index contributed by atoms with van der Waals surface area (Å²) in [6.45, 7) is 4.79. The molecule has 12 heavy (non-hydrogen) atoms. The highest BCUT2D eigenvalue weighted by molar-refractivity contribution is 14.1.